The van der Waals surface area contributed by atoms with Gasteiger partial charge in [-0.1, -0.05) is 0 Å². The summed E-state index contributed by atoms with van der Waals surface area (Å²) in [5.74, 6) is 0.589. The zero-order valence-corrected chi connectivity index (χ0v) is 9.03. The van der Waals surface area contributed by atoms with Gasteiger partial charge >= 0.3 is 0 Å². The molecule has 1 aromatic rings. The second-order valence-corrected chi connectivity index (χ2v) is 3.80. The number of rotatable bonds is 1. The summed E-state index contributed by atoms with van der Waals surface area (Å²) >= 11 is 2.11. The molecule has 1 aromatic carbocycles. The molecule has 0 saturated heterocycles. The summed E-state index contributed by atoms with van der Waals surface area (Å²) in [7, 11) is 1.60. The van der Waals surface area contributed by atoms with Crippen LogP contribution in [0.25, 0.3) is 0 Å². The highest BCUT2D eigenvalue weighted by Crippen LogP contribution is 2.26. The van der Waals surface area contributed by atoms with Crippen molar-refractivity contribution in [2.24, 2.45) is 4.99 Å². The topological polar surface area (TPSA) is 38.7 Å². The predicted molar refractivity (Wildman–Crippen MR) is 57.6 cm³/mol. The fourth-order valence-corrected chi connectivity index (χ4v) is 2.09. The van der Waals surface area contributed by atoms with Gasteiger partial charge in [-0.15, -0.1) is 0 Å². The number of nitrogens with zero attached hydrogens (tertiary/aromatic N) is 1. The van der Waals surface area contributed by atoms with Gasteiger partial charge in [0.1, 0.15) is 5.75 Å². The molecule has 0 radical (unpaired) electrons. The number of carbonyl (C=O) groups is 1. The Morgan fingerprint density at radius 3 is 2.92 bits per heavy atom. The largest absolute Gasteiger partial charge is 0.497 e. The lowest BCUT2D eigenvalue weighted by molar-refractivity contribution is 0.101. The number of methoxy groups -OCH3 is 1. The van der Waals surface area contributed by atoms with Gasteiger partial charge < -0.3 is 4.74 Å². The Balaban J connectivity index is 2.64. The van der Waals surface area contributed by atoms with Crippen molar-refractivity contribution >= 4 is 34.7 Å². The number of amides is 1. The Hall–Kier alpha value is -0.910. The first-order valence-electron chi connectivity index (χ1n) is 3.68. The molecule has 4 heteroatoms. The molecule has 0 spiro atoms. The van der Waals surface area contributed by atoms with Gasteiger partial charge in [-0.05, 0) is 34.7 Å². The molecule has 13 heavy (non-hydrogen) atoms. The van der Waals surface area contributed by atoms with E-state index in [1.54, 1.807) is 13.3 Å². The van der Waals surface area contributed by atoms with Crippen molar-refractivity contribution in [2.75, 3.05) is 7.11 Å². The minimum atomic E-state index is -0.165. The van der Waals surface area contributed by atoms with Crippen LogP contribution >= 0.6 is 22.6 Å². The molecule has 0 aromatic heterocycles. The van der Waals surface area contributed by atoms with Crippen molar-refractivity contribution < 1.29 is 9.53 Å². The maximum atomic E-state index is 11.2. The highest BCUT2D eigenvalue weighted by molar-refractivity contribution is 14.1. The van der Waals surface area contributed by atoms with E-state index in [0.29, 0.717) is 5.56 Å². The summed E-state index contributed by atoms with van der Waals surface area (Å²) in [4.78, 5) is 15.0. The Labute approximate surface area is 89.0 Å². The Kier molecular flexibility index (Phi) is 2.07. The van der Waals surface area contributed by atoms with E-state index in [2.05, 4.69) is 27.6 Å². The number of fused-ring (bicyclic) bond motifs is 1. The van der Waals surface area contributed by atoms with Gasteiger partial charge in [0, 0.05) is 15.3 Å². The van der Waals surface area contributed by atoms with Crippen LogP contribution in [0.5, 0.6) is 5.75 Å². The van der Waals surface area contributed by atoms with Crippen molar-refractivity contribution in [2.45, 2.75) is 0 Å². The first-order chi connectivity index (χ1) is 6.22. The molecule has 3 nitrogen and oxygen atoms in total. The normalized spacial score (nSPS) is 13.2. The second-order valence-electron chi connectivity index (χ2n) is 2.64. The van der Waals surface area contributed by atoms with E-state index in [-0.39, 0.29) is 5.91 Å². The van der Waals surface area contributed by atoms with Gasteiger partial charge in [-0.2, -0.15) is 0 Å². The van der Waals surface area contributed by atoms with Crippen LogP contribution < -0.4 is 4.74 Å². The van der Waals surface area contributed by atoms with Crippen LogP contribution in [-0.2, 0) is 0 Å². The van der Waals surface area contributed by atoms with Gasteiger partial charge in [0.25, 0.3) is 5.91 Å². The summed E-state index contributed by atoms with van der Waals surface area (Å²) < 4.78 is 5.96. The lowest BCUT2D eigenvalue weighted by Crippen LogP contribution is -1.97. The number of ether oxygens (including phenoxy) is 1. The third-order valence-corrected chi connectivity index (χ3v) is 2.72. The molecule has 1 heterocycles. The zero-order valence-electron chi connectivity index (χ0n) is 6.87. The molecule has 1 aliphatic heterocycles. The third-order valence-electron chi connectivity index (χ3n) is 1.86. The molecule has 66 valence electrons. The number of carbonyl (C=O) groups excluding carboxylic acids is 1. The molecular weight excluding hydrogens is 281 g/mol. The van der Waals surface area contributed by atoms with Gasteiger partial charge in [0.15, 0.2) is 0 Å². The van der Waals surface area contributed by atoms with E-state index in [9.17, 15) is 4.79 Å². The van der Waals surface area contributed by atoms with E-state index in [0.717, 1.165) is 14.9 Å². The predicted octanol–water partition coefficient (Wildman–Crippen LogP) is 1.87. The molecule has 1 aliphatic rings. The van der Waals surface area contributed by atoms with Crippen molar-refractivity contribution in [1.82, 2.24) is 0 Å². The van der Waals surface area contributed by atoms with Crippen molar-refractivity contribution in [1.29, 1.82) is 0 Å². The van der Waals surface area contributed by atoms with Crippen LogP contribution in [0.1, 0.15) is 15.9 Å². The van der Waals surface area contributed by atoms with E-state index in [1.165, 1.54) is 0 Å². The maximum Gasteiger partial charge on any atom is 0.278 e. The van der Waals surface area contributed by atoms with Crippen LogP contribution in [0.15, 0.2) is 17.1 Å². The van der Waals surface area contributed by atoms with Crippen LogP contribution in [0.2, 0.25) is 0 Å². The first-order valence-corrected chi connectivity index (χ1v) is 4.76. The van der Waals surface area contributed by atoms with Gasteiger partial charge in [-0.25, -0.2) is 4.99 Å². The lowest BCUT2D eigenvalue weighted by atomic mass is 10.1. The minimum Gasteiger partial charge on any atom is -0.497 e. The molecule has 0 bridgehead atoms. The molecular formula is C9H6INO2. The van der Waals surface area contributed by atoms with Crippen molar-refractivity contribution in [3.05, 3.63) is 26.8 Å². The summed E-state index contributed by atoms with van der Waals surface area (Å²) in [5.41, 5.74) is 1.52. The summed E-state index contributed by atoms with van der Waals surface area (Å²) in [6.45, 7) is 0. The molecule has 0 fully saturated rings. The number of halogens is 1. The molecule has 0 saturated carbocycles. The van der Waals surface area contributed by atoms with E-state index in [4.69, 9.17) is 4.74 Å². The number of benzene rings is 1. The average molecular weight is 287 g/mol. The smallest absolute Gasteiger partial charge is 0.278 e. The van der Waals surface area contributed by atoms with Crippen molar-refractivity contribution in [3.8, 4) is 5.75 Å². The van der Waals surface area contributed by atoms with Crippen LogP contribution in [0, 0.1) is 3.57 Å². The van der Waals surface area contributed by atoms with E-state index >= 15 is 0 Å². The minimum absolute atomic E-state index is 0.165. The quantitative estimate of drug-likeness (QED) is 0.740. The zero-order chi connectivity index (χ0) is 9.42. The first kappa shape index (κ1) is 8.68. The standard InChI is InChI=1S/C9H6INO2/c1-13-6-2-5-4-11-9(12)8(5)7(10)3-6/h2-4H,1H3. The third kappa shape index (κ3) is 1.35. The number of hydrogen-bond acceptors (Lipinski definition) is 2. The summed E-state index contributed by atoms with van der Waals surface area (Å²) in [6.07, 6.45) is 1.57. The fraction of sp³-hybridized carbons (Fsp3) is 0.111. The number of hydrogen-bond donors (Lipinski definition) is 0. The lowest BCUT2D eigenvalue weighted by Gasteiger charge is -2.03. The molecule has 0 aliphatic carbocycles. The van der Waals surface area contributed by atoms with Crippen LogP contribution in [0.4, 0.5) is 0 Å². The van der Waals surface area contributed by atoms with Gasteiger partial charge in [0.05, 0.1) is 12.7 Å². The van der Waals surface area contributed by atoms with Crippen LogP contribution in [-0.4, -0.2) is 19.2 Å². The van der Waals surface area contributed by atoms with Gasteiger partial charge in [0.2, 0.25) is 0 Å². The van der Waals surface area contributed by atoms with Crippen molar-refractivity contribution in [3.63, 3.8) is 0 Å². The van der Waals surface area contributed by atoms with Gasteiger partial charge in [-0.3, -0.25) is 4.79 Å². The average Bonchev–Trinajstić information content (AvgIpc) is 2.48. The second kappa shape index (κ2) is 3.10. The molecule has 0 unspecified atom stereocenters. The van der Waals surface area contributed by atoms with E-state index < -0.39 is 0 Å². The molecule has 0 N–H and O–H groups in total. The fourth-order valence-electron chi connectivity index (χ4n) is 1.24. The molecule has 0 atom stereocenters. The SMILES string of the molecule is COc1cc(I)c2c(c1)C=NC2=O. The molecule has 1 amide bonds. The highest BCUT2D eigenvalue weighted by Gasteiger charge is 2.19. The monoisotopic (exact) mass is 287 g/mol. The van der Waals surface area contributed by atoms with Crippen LogP contribution in [0.3, 0.4) is 0 Å². The highest BCUT2D eigenvalue weighted by atomic mass is 127. The molecule has 2 rings (SSSR count). The van der Waals surface area contributed by atoms with E-state index in [1.807, 2.05) is 12.1 Å². The number of aliphatic imine (C=N–C) groups is 1. The maximum absolute atomic E-state index is 11.2. The Bertz CT molecular complexity index is 412. The summed E-state index contributed by atoms with van der Waals surface area (Å²) in [6, 6.07) is 3.64. The Morgan fingerprint density at radius 1 is 1.46 bits per heavy atom. The Morgan fingerprint density at radius 2 is 2.23 bits per heavy atom. The summed E-state index contributed by atoms with van der Waals surface area (Å²) in [5, 5.41) is 0.